The van der Waals surface area contributed by atoms with Crippen LogP contribution in [0.25, 0.3) is 0 Å². The molecule has 1 aromatic carbocycles. The lowest BCUT2D eigenvalue weighted by Crippen LogP contribution is -2.40. The fourth-order valence-corrected chi connectivity index (χ4v) is 3.42. The summed E-state index contributed by atoms with van der Waals surface area (Å²) >= 11 is 3.42. The Morgan fingerprint density at radius 3 is 2.82 bits per heavy atom. The van der Waals surface area contributed by atoms with Gasteiger partial charge in [-0.3, -0.25) is 9.59 Å². The van der Waals surface area contributed by atoms with Gasteiger partial charge in [0.2, 0.25) is 5.91 Å². The van der Waals surface area contributed by atoms with Gasteiger partial charge in [0.15, 0.2) is 0 Å². The Labute approximate surface area is 138 Å². The number of carboxylic acids is 1. The van der Waals surface area contributed by atoms with Crippen molar-refractivity contribution in [2.24, 2.45) is 5.92 Å². The summed E-state index contributed by atoms with van der Waals surface area (Å²) in [5.74, 6) is -0.602. The predicted molar refractivity (Wildman–Crippen MR) is 85.9 cm³/mol. The van der Waals surface area contributed by atoms with Crippen molar-refractivity contribution < 1.29 is 19.4 Å². The molecular formula is C16H20BrNO4. The maximum Gasteiger partial charge on any atom is 0.308 e. The van der Waals surface area contributed by atoms with Crippen LogP contribution < -0.4 is 10.1 Å². The number of aliphatic carboxylic acids is 1. The highest BCUT2D eigenvalue weighted by atomic mass is 79.9. The molecule has 1 amide bonds. The lowest BCUT2D eigenvalue weighted by molar-refractivity contribution is -0.142. The molecule has 6 heteroatoms. The van der Waals surface area contributed by atoms with Gasteiger partial charge in [0, 0.05) is 12.5 Å². The van der Waals surface area contributed by atoms with Gasteiger partial charge in [-0.25, -0.2) is 0 Å². The molecule has 1 aliphatic rings. The van der Waals surface area contributed by atoms with Crippen molar-refractivity contribution in [3.63, 3.8) is 0 Å². The van der Waals surface area contributed by atoms with E-state index in [1.54, 1.807) is 7.11 Å². The van der Waals surface area contributed by atoms with Gasteiger partial charge in [0.1, 0.15) is 5.75 Å². The summed E-state index contributed by atoms with van der Waals surface area (Å²) in [6, 6.07) is 5.48. The van der Waals surface area contributed by atoms with Gasteiger partial charge in [-0.15, -0.1) is 0 Å². The number of nitrogens with one attached hydrogen (secondary N) is 1. The number of carbonyl (C=O) groups excluding carboxylic acids is 1. The molecule has 2 rings (SSSR count). The first-order valence-electron chi connectivity index (χ1n) is 7.36. The summed E-state index contributed by atoms with van der Waals surface area (Å²) in [6.45, 7) is 0. The molecule has 5 nitrogen and oxygen atoms in total. The normalized spacial score (nSPS) is 20.6. The first kappa shape index (κ1) is 16.8. The van der Waals surface area contributed by atoms with Gasteiger partial charge in [0.05, 0.1) is 17.5 Å². The minimum absolute atomic E-state index is 0.0925. The van der Waals surface area contributed by atoms with E-state index in [0.29, 0.717) is 19.3 Å². The third-order valence-electron chi connectivity index (χ3n) is 4.04. The zero-order valence-electron chi connectivity index (χ0n) is 12.5. The van der Waals surface area contributed by atoms with Gasteiger partial charge >= 0.3 is 5.97 Å². The van der Waals surface area contributed by atoms with Crippen LogP contribution in [-0.4, -0.2) is 30.1 Å². The summed E-state index contributed by atoms with van der Waals surface area (Å²) in [6.07, 6.45) is 3.20. The molecule has 2 atom stereocenters. The number of amides is 1. The molecule has 0 unspecified atom stereocenters. The number of hydrogen-bond donors (Lipinski definition) is 2. The lowest BCUT2D eigenvalue weighted by atomic mass is 10.0. The highest BCUT2D eigenvalue weighted by Gasteiger charge is 2.33. The average molecular weight is 370 g/mol. The van der Waals surface area contributed by atoms with Crippen LogP contribution in [0.3, 0.4) is 0 Å². The number of ether oxygens (including phenoxy) is 1. The van der Waals surface area contributed by atoms with E-state index in [2.05, 4.69) is 21.2 Å². The van der Waals surface area contributed by atoms with Gasteiger partial charge in [-0.2, -0.15) is 0 Å². The van der Waals surface area contributed by atoms with E-state index in [1.807, 2.05) is 18.2 Å². The van der Waals surface area contributed by atoms with Gasteiger partial charge < -0.3 is 15.2 Å². The van der Waals surface area contributed by atoms with Crippen LogP contribution in [0.1, 0.15) is 31.2 Å². The molecule has 0 bridgehead atoms. The maximum absolute atomic E-state index is 12.0. The van der Waals surface area contributed by atoms with Crippen molar-refractivity contribution in [1.82, 2.24) is 5.32 Å². The van der Waals surface area contributed by atoms with E-state index < -0.39 is 11.9 Å². The van der Waals surface area contributed by atoms with Crippen LogP contribution in [0.15, 0.2) is 22.7 Å². The average Bonchev–Trinajstić information content (AvgIpc) is 2.93. The highest BCUT2D eigenvalue weighted by molar-refractivity contribution is 9.10. The van der Waals surface area contributed by atoms with E-state index in [-0.39, 0.29) is 11.9 Å². The third-order valence-corrected chi connectivity index (χ3v) is 4.66. The number of carbonyl (C=O) groups is 2. The molecule has 120 valence electrons. The Morgan fingerprint density at radius 1 is 1.41 bits per heavy atom. The zero-order valence-corrected chi connectivity index (χ0v) is 14.1. The molecule has 0 aliphatic heterocycles. The van der Waals surface area contributed by atoms with Crippen LogP contribution in [0.2, 0.25) is 0 Å². The molecule has 0 heterocycles. The summed E-state index contributed by atoms with van der Waals surface area (Å²) < 4.78 is 6.02. The van der Waals surface area contributed by atoms with E-state index in [1.165, 1.54) is 0 Å². The fourth-order valence-electron chi connectivity index (χ4n) is 2.83. The molecule has 1 saturated carbocycles. The van der Waals surface area contributed by atoms with Crippen molar-refractivity contribution in [3.8, 4) is 5.75 Å². The van der Waals surface area contributed by atoms with Crippen LogP contribution >= 0.6 is 15.9 Å². The Balaban J connectivity index is 1.85. The van der Waals surface area contributed by atoms with Gasteiger partial charge in [-0.05, 0) is 52.9 Å². The van der Waals surface area contributed by atoms with Gasteiger partial charge in [0.25, 0.3) is 0 Å². The van der Waals surface area contributed by atoms with Crippen molar-refractivity contribution >= 4 is 27.8 Å². The number of benzene rings is 1. The molecule has 1 aromatic rings. The Morgan fingerprint density at radius 2 is 2.18 bits per heavy atom. The second-order valence-electron chi connectivity index (χ2n) is 5.52. The molecule has 1 fully saturated rings. The Bertz CT molecular complexity index is 561. The fraction of sp³-hybridized carbons (Fsp3) is 0.500. The van der Waals surface area contributed by atoms with Crippen LogP contribution in [-0.2, 0) is 16.0 Å². The van der Waals surface area contributed by atoms with Crippen molar-refractivity contribution in [2.75, 3.05) is 7.11 Å². The van der Waals surface area contributed by atoms with Crippen molar-refractivity contribution in [2.45, 2.75) is 38.1 Å². The predicted octanol–water partition coefficient (Wildman–Crippen LogP) is 2.76. The Hall–Kier alpha value is -1.56. The van der Waals surface area contributed by atoms with Crippen LogP contribution in [0.5, 0.6) is 5.75 Å². The Kier molecular flexibility index (Phi) is 5.83. The molecule has 0 radical (unpaired) electrons. The number of hydrogen-bond acceptors (Lipinski definition) is 3. The molecule has 0 aromatic heterocycles. The van der Waals surface area contributed by atoms with E-state index in [4.69, 9.17) is 9.84 Å². The topological polar surface area (TPSA) is 75.6 Å². The summed E-state index contributed by atoms with van der Waals surface area (Å²) in [5.41, 5.74) is 1.03. The van der Waals surface area contributed by atoms with Crippen molar-refractivity contribution in [3.05, 3.63) is 28.2 Å². The third kappa shape index (κ3) is 4.22. The molecule has 0 spiro atoms. The molecular weight excluding hydrogens is 350 g/mol. The maximum atomic E-state index is 12.0. The zero-order chi connectivity index (χ0) is 16.1. The second kappa shape index (κ2) is 7.63. The minimum Gasteiger partial charge on any atom is -0.496 e. The largest absolute Gasteiger partial charge is 0.496 e. The van der Waals surface area contributed by atoms with Crippen LogP contribution in [0.4, 0.5) is 0 Å². The monoisotopic (exact) mass is 369 g/mol. The first-order valence-corrected chi connectivity index (χ1v) is 8.15. The molecule has 1 aliphatic carbocycles. The molecule has 0 saturated heterocycles. The minimum atomic E-state index is -0.818. The number of rotatable bonds is 6. The smallest absolute Gasteiger partial charge is 0.308 e. The number of methoxy groups -OCH3 is 1. The summed E-state index contributed by atoms with van der Waals surface area (Å²) in [5, 5.41) is 12.0. The van der Waals surface area contributed by atoms with Gasteiger partial charge in [-0.1, -0.05) is 12.5 Å². The van der Waals surface area contributed by atoms with Crippen LogP contribution in [0, 0.1) is 5.92 Å². The van der Waals surface area contributed by atoms with E-state index >= 15 is 0 Å². The second-order valence-corrected chi connectivity index (χ2v) is 6.37. The quantitative estimate of drug-likeness (QED) is 0.808. The van der Waals surface area contributed by atoms with E-state index in [0.717, 1.165) is 28.6 Å². The summed E-state index contributed by atoms with van der Waals surface area (Å²) in [7, 11) is 1.60. The number of aryl methyl sites for hydroxylation is 1. The number of carboxylic acid groups (broad SMARTS) is 1. The first-order chi connectivity index (χ1) is 10.5. The SMILES string of the molecule is COc1ccc(CCC(=O)N[C@@H]2CCC[C@@H]2C(=O)O)cc1Br. The summed E-state index contributed by atoms with van der Waals surface area (Å²) in [4.78, 5) is 23.1. The van der Waals surface area contributed by atoms with Crippen molar-refractivity contribution in [1.29, 1.82) is 0 Å². The number of halogens is 1. The standard InChI is InChI=1S/C16H20BrNO4/c1-22-14-7-5-10(9-12(14)17)6-8-15(19)18-13-4-2-3-11(13)16(20)21/h5,7,9,11,13H,2-4,6,8H2,1H3,(H,18,19)(H,20,21)/t11-,13+/m0/s1. The molecule has 22 heavy (non-hydrogen) atoms. The molecule has 2 N–H and O–H groups in total. The highest BCUT2D eigenvalue weighted by Crippen LogP contribution is 2.27. The lowest BCUT2D eigenvalue weighted by Gasteiger charge is -2.17. The van der Waals surface area contributed by atoms with E-state index in [9.17, 15) is 9.59 Å².